The molecule has 0 spiro atoms. The molecule has 0 atom stereocenters. The van der Waals surface area contributed by atoms with Crippen LogP contribution in [0.2, 0.25) is 5.02 Å². The Morgan fingerprint density at radius 2 is 1.76 bits per heavy atom. The molecule has 9 nitrogen and oxygen atoms in total. The smallest absolute Gasteiger partial charge is 0.257 e. The Kier molecular flexibility index (Phi) is 6.57. The molecule has 3 N–H and O–H groups in total. The molecule has 0 aliphatic heterocycles. The van der Waals surface area contributed by atoms with Crippen LogP contribution in [0.5, 0.6) is 5.75 Å². The van der Waals surface area contributed by atoms with Gasteiger partial charge in [0.1, 0.15) is 5.75 Å². The SMILES string of the molecule is Cc1ccc(Nc2nc(NN=Cc3cc(Cl)cc(Br)c3O)nc(-n3nc(C)cc3C)n2)cc1. The summed E-state index contributed by atoms with van der Waals surface area (Å²) in [6.45, 7) is 5.83. The first kappa shape index (κ1) is 22.7. The Balaban J connectivity index is 1.67. The number of nitrogens with zero attached hydrogens (tertiary/aromatic N) is 6. The van der Waals surface area contributed by atoms with E-state index in [0.717, 1.165) is 22.6 Å². The molecule has 2 aromatic carbocycles. The maximum atomic E-state index is 10.2. The highest BCUT2D eigenvalue weighted by Crippen LogP contribution is 2.30. The Morgan fingerprint density at radius 1 is 1.03 bits per heavy atom. The van der Waals surface area contributed by atoms with E-state index in [4.69, 9.17) is 11.6 Å². The number of aryl methyl sites for hydroxylation is 3. The predicted molar refractivity (Wildman–Crippen MR) is 133 cm³/mol. The quantitative estimate of drug-likeness (QED) is 0.230. The zero-order valence-corrected chi connectivity index (χ0v) is 20.3. The zero-order valence-electron chi connectivity index (χ0n) is 18.0. The summed E-state index contributed by atoms with van der Waals surface area (Å²) in [5, 5.41) is 22.4. The molecule has 0 bridgehead atoms. The second kappa shape index (κ2) is 9.55. The number of phenolic OH excluding ortho intramolecular Hbond substituents is 1. The number of rotatable bonds is 6. The lowest BCUT2D eigenvalue weighted by Gasteiger charge is -2.10. The Hall–Kier alpha value is -3.50. The van der Waals surface area contributed by atoms with E-state index in [1.54, 1.807) is 16.8 Å². The minimum Gasteiger partial charge on any atom is -0.506 e. The van der Waals surface area contributed by atoms with Gasteiger partial charge in [-0.3, -0.25) is 0 Å². The lowest BCUT2D eigenvalue weighted by Crippen LogP contribution is -2.11. The molecule has 4 rings (SSSR count). The molecular formula is C22H20BrClN8O. The number of hydrogen-bond donors (Lipinski definition) is 3. The van der Waals surface area contributed by atoms with Crippen molar-refractivity contribution in [2.75, 3.05) is 10.7 Å². The van der Waals surface area contributed by atoms with Crippen LogP contribution in [0.15, 0.2) is 52.0 Å². The number of hydrogen-bond acceptors (Lipinski definition) is 8. The van der Waals surface area contributed by atoms with Crippen molar-refractivity contribution in [3.05, 3.63) is 74.5 Å². The van der Waals surface area contributed by atoms with E-state index in [-0.39, 0.29) is 11.7 Å². The van der Waals surface area contributed by atoms with Crippen molar-refractivity contribution in [1.29, 1.82) is 0 Å². The highest BCUT2D eigenvalue weighted by Gasteiger charge is 2.12. The largest absolute Gasteiger partial charge is 0.506 e. The summed E-state index contributed by atoms with van der Waals surface area (Å²) in [6, 6.07) is 13.0. The number of nitrogens with one attached hydrogen (secondary N) is 2. The number of aromatic hydroxyl groups is 1. The molecule has 0 saturated heterocycles. The van der Waals surface area contributed by atoms with Gasteiger partial charge in [-0.05, 0) is 67.0 Å². The van der Waals surface area contributed by atoms with Crippen molar-refractivity contribution < 1.29 is 5.11 Å². The summed E-state index contributed by atoms with van der Waals surface area (Å²) in [7, 11) is 0. The summed E-state index contributed by atoms with van der Waals surface area (Å²) in [6.07, 6.45) is 1.42. The van der Waals surface area contributed by atoms with Crippen molar-refractivity contribution in [1.82, 2.24) is 24.7 Å². The van der Waals surface area contributed by atoms with Crippen LogP contribution in [0.1, 0.15) is 22.5 Å². The van der Waals surface area contributed by atoms with Crippen molar-refractivity contribution in [3.8, 4) is 11.7 Å². The van der Waals surface area contributed by atoms with Crippen molar-refractivity contribution in [3.63, 3.8) is 0 Å². The number of hydrazone groups is 1. The molecule has 2 heterocycles. The summed E-state index contributed by atoms with van der Waals surface area (Å²) in [5.41, 5.74) is 6.91. The lowest BCUT2D eigenvalue weighted by molar-refractivity contribution is 0.471. The van der Waals surface area contributed by atoms with Crippen LogP contribution >= 0.6 is 27.5 Å². The van der Waals surface area contributed by atoms with Crippen molar-refractivity contribution in [2.45, 2.75) is 20.8 Å². The number of benzene rings is 2. The van der Waals surface area contributed by atoms with Crippen LogP contribution in [0.25, 0.3) is 5.95 Å². The Morgan fingerprint density at radius 3 is 2.45 bits per heavy atom. The number of anilines is 3. The summed E-state index contributed by atoms with van der Waals surface area (Å²) >= 11 is 9.31. The molecule has 0 amide bonds. The van der Waals surface area contributed by atoms with Gasteiger partial charge in [0.05, 0.1) is 16.4 Å². The molecule has 0 aliphatic carbocycles. The average molecular weight is 528 g/mol. The maximum Gasteiger partial charge on any atom is 0.257 e. The standard InChI is InChI=1S/C22H20BrClN8O/c1-12-4-6-17(7-5-12)26-20-27-21(29-22(28-20)32-14(3)8-13(2)31-32)30-25-11-15-9-16(24)10-18(23)19(15)33/h4-11,33H,1-3H3,(H2,26,27,28,29,30). The molecular weight excluding hydrogens is 508 g/mol. The van der Waals surface area contributed by atoms with Gasteiger partial charge in [-0.2, -0.15) is 25.2 Å². The molecule has 4 aromatic rings. The van der Waals surface area contributed by atoms with Gasteiger partial charge in [-0.25, -0.2) is 10.1 Å². The third-order valence-corrected chi connectivity index (χ3v) is 5.38. The van der Waals surface area contributed by atoms with E-state index >= 15 is 0 Å². The number of aromatic nitrogens is 5. The van der Waals surface area contributed by atoms with E-state index < -0.39 is 0 Å². The van der Waals surface area contributed by atoms with Crippen LogP contribution in [0.4, 0.5) is 17.6 Å². The second-order valence-corrected chi connectivity index (χ2v) is 8.60. The molecule has 33 heavy (non-hydrogen) atoms. The monoisotopic (exact) mass is 526 g/mol. The Labute approximate surface area is 203 Å². The van der Waals surface area contributed by atoms with Crippen LogP contribution in [0.3, 0.4) is 0 Å². The molecule has 0 saturated carbocycles. The van der Waals surface area contributed by atoms with Gasteiger partial charge in [0.25, 0.3) is 5.95 Å². The molecule has 11 heteroatoms. The van der Waals surface area contributed by atoms with Crippen LogP contribution in [-0.4, -0.2) is 36.1 Å². The summed E-state index contributed by atoms with van der Waals surface area (Å²) in [4.78, 5) is 13.4. The Bertz CT molecular complexity index is 1340. The fraction of sp³-hybridized carbons (Fsp3) is 0.136. The van der Waals surface area contributed by atoms with Gasteiger partial charge in [-0.1, -0.05) is 29.3 Å². The maximum absolute atomic E-state index is 10.2. The number of halogens is 2. The second-order valence-electron chi connectivity index (χ2n) is 7.31. The first-order valence-corrected chi connectivity index (χ1v) is 11.1. The molecule has 0 unspecified atom stereocenters. The van der Waals surface area contributed by atoms with Crippen LogP contribution in [-0.2, 0) is 0 Å². The minimum absolute atomic E-state index is 0.0191. The van der Waals surface area contributed by atoms with E-state index in [9.17, 15) is 5.11 Å². The summed E-state index contributed by atoms with van der Waals surface area (Å²) in [5.74, 6) is 0.864. The van der Waals surface area contributed by atoms with Crippen molar-refractivity contribution in [2.24, 2.45) is 5.10 Å². The number of phenols is 1. The molecule has 168 valence electrons. The van der Waals surface area contributed by atoms with Gasteiger partial charge < -0.3 is 10.4 Å². The topological polar surface area (TPSA) is 113 Å². The van der Waals surface area contributed by atoms with E-state index in [1.165, 1.54) is 6.21 Å². The average Bonchev–Trinajstić information content (AvgIpc) is 3.11. The highest BCUT2D eigenvalue weighted by atomic mass is 79.9. The molecule has 0 radical (unpaired) electrons. The van der Waals surface area contributed by atoms with Crippen LogP contribution in [0, 0.1) is 20.8 Å². The van der Waals surface area contributed by atoms with E-state index in [2.05, 4.69) is 51.8 Å². The normalized spacial score (nSPS) is 11.2. The van der Waals surface area contributed by atoms with E-state index in [1.807, 2.05) is 51.1 Å². The van der Waals surface area contributed by atoms with Gasteiger partial charge in [0.15, 0.2) is 0 Å². The third kappa shape index (κ3) is 5.47. The first-order chi connectivity index (χ1) is 15.8. The minimum atomic E-state index is 0.0191. The van der Waals surface area contributed by atoms with Gasteiger partial charge in [-0.15, -0.1) is 0 Å². The van der Waals surface area contributed by atoms with Crippen molar-refractivity contribution >= 4 is 51.3 Å². The van der Waals surface area contributed by atoms with Gasteiger partial charge >= 0.3 is 0 Å². The van der Waals surface area contributed by atoms with Gasteiger partial charge in [0.2, 0.25) is 11.9 Å². The van der Waals surface area contributed by atoms with E-state index in [0.29, 0.717) is 27.0 Å². The summed E-state index contributed by atoms with van der Waals surface area (Å²) < 4.78 is 2.10. The molecule has 0 aliphatic rings. The highest BCUT2D eigenvalue weighted by molar-refractivity contribution is 9.10. The zero-order chi connectivity index (χ0) is 23.5. The molecule has 2 aromatic heterocycles. The van der Waals surface area contributed by atoms with Crippen LogP contribution < -0.4 is 10.7 Å². The van der Waals surface area contributed by atoms with Gasteiger partial charge in [0, 0.05) is 22.0 Å². The fourth-order valence-electron chi connectivity index (χ4n) is 3.01. The predicted octanol–water partition coefficient (Wildman–Crippen LogP) is 5.29. The fourth-order valence-corrected chi connectivity index (χ4v) is 3.84. The first-order valence-electron chi connectivity index (χ1n) is 9.89. The lowest BCUT2D eigenvalue weighted by atomic mass is 10.2. The third-order valence-electron chi connectivity index (χ3n) is 4.56. The molecule has 0 fully saturated rings.